The van der Waals surface area contributed by atoms with Crippen molar-refractivity contribution in [1.82, 2.24) is 19.6 Å². The van der Waals surface area contributed by atoms with Gasteiger partial charge in [-0.05, 0) is 36.4 Å². The summed E-state index contributed by atoms with van der Waals surface area (Å²) in [6.07, 6.45) is 1.72. The van der Waals surface area contributed by atoms with Crippen LogP contribution in [0.1, 0.15) is 0 Å². The van der Waals surface area contributed by atoms with Crippen LogP contribution in [-0.2, 0) is 14.8 Å². The van der Waals surface area contributed by atoms with Crippen LogP contribution in [0.4, 0.5) is 23.0 Å². The van der Waals surface area contributed by atoms with Gasteiger partial charge in [0.15, 0.2) is 0 Å². The molecular formula is C23H29N7O3S. The van der Waals surface area contributed by atoms with Crippen LogP contribution in [-0.4, -0.2) is 75.2 Å². The lowest BCUT2D eigenvalue weighted by Gasteiger charge is -2.28. The van der Waals surface area contributed by atoms with Crippen molar-refractivity contribution in [2.24, 2.45) is 0 Å². The lowest BCUT2D eigenvalue weighted by Crippen LogP contribution is -2.43. The first kappa shape index (κ1) is 22.7. The van der Waals surface area contributed by atoms with Gasteiger partial charge in [-0.15, -0.1) is 0 Å². The van der Waals surface area contributed by atoms with Crippen LogP contribution in [0.2, 0.25) is 0 Å². The molecule has 180 valence electrons. The van der Waals surface area contributed by atoms with Gasteiger partial charge in [0.1, 0.15) is 11.6 Å². The highest BCUT2D eigenvalue weighted by Gasteiger charge is 2.26. The van der Waals surface area contributed by atoms with Crippen molar-refractivity contribution < 1.29 is 13.2 Å². The number of hydrogen-bond donors (Lipinski definition) is 4. The summed E-state index contributed by atoms with van der Waals surface area (Å²) in [6.45, 7) is 5.20. The van der Waals surface area contributed by atoms with Crippen molar-refractivity contribution in [1.29, 1.82) is 0 Å². The molecule has 2 aliphatic rings. The molecule has 0 spiro atoms. The second-order valence-electron chi connectivity index (χ2n) is 8.32. The lowest BCUT2D eigenvalue weighted by atomic mass is 10.2. The number of H-pyrrole nitrogens is 1. The molecule has 34 heavy (non-hydrogen) atoms. The third-order valence-corrected chi connectivity index (χ3v) is 7.94. The van der Waals surface area contributed by atoms with Crippen LogP contribution in [0, 0.1) is 0 Å². The Labute approximate surface area is 199 Å². The van der Waals surface area contributed by atoms with E-state index < -0.39 is 10.0 Å². The average molecular weight is 484 g/mol. The number of piperazine rings is 1. The predicted molar refractivity (Wildman–Crippen MR) is 133 cm³/mol. The molecule has 0 aliphatic carbocycles. The first-order chi connectivity index (χ1) is 16.5. The van der Waals surface area contributed by atoms with Gasteiger partial charge >= 0.3 is 0 Å². The molecular weight excluding hydrogens is 454 g/mol. The highest BCUT2D eigenvalue weighted by Crippen LogP contribution is 2.31. The van der Waals surface area contributed by atoms with Gasteiger partial charge < -0.3 is 31.0 Å². The van der Waals surface area contributed by atoms with Crippen LogP contribution in [0.15, 0.2) is 53.6 Å². The van der Waals surface area contributed by atoms with E-state index >= 15 is 0 Å². The van der Waals surface area contributed by atoms with E-state index in [1.807, 2.05) is 24.3 Å². The van der Waals surface area contributed by atoms with Crippen molar-refractivity contribution in [2.75, 3.05) is 68.4 Å². The molecule has 2 aliphatic heterocycles. The zero-order chi connectivity index (χ0) is 23.5. The highest BCUT2D eigenvalue weighted by molar-refractivity contribution is 7.89. The summed E-state index contributed by atoms with van der Waals surface area (Å²) < 4.78 is 32.7. The maximum absolute atomic E-state index is 13.0. The molecule has 0 unspecified atom stereocenters. The number of pyridine rings is 1. The molecule has 11 heteroatoms. The maximum Gasteiger partial charge on any atom is 0.243 e. The Morgan fingerprint density at radius 1 is 1.03 bits per heavy atom. The summed E-state index contributed by atoms with van der Waals surface area (Å²) in [7, 11) is -3.58. The number of benzene rings is 1. The molecule has 1 aromatic carbocycles. The van der Waals surface area contributed by atoms with Crippen molar-refractivity contribution in [3.63, 3.8) is 0 Å². The van der Waals surface area contributed by atoms with Gasteiger partial charge in [0.05, 0.1) is 23.8 Å². The minimum Gasteiger partial charge on any atom is -0.396 e. The van der Waals surface area contributed by atoms with E-state index in [4.69, 9.17) is 10.5 Å². The number of hydrogen-bond acceptors (Lipinski definition) is 8. The molecule has 0 radical (unpaired) electrons. The summed E-state index contributed by atoms with van der Waals surface area (Å²) >= 11 is 0. The zero-order valence-corrected chi connectivity index (χ0v) is 19.6. The summed E-state index contributed by atoms with van der Waals surface area (Å²) in [5.74, 6) is 1.54. The molecule has 2 aromatic heterocycles. The Morgan fingerprint density at radius 3 is 2.62 bits per heavy atom. The quantitative estimate of drug-likeness (QED) is 0.418. The number of nitrogens with zero attached hydrogens (tertiary/aromatic N) is 3. The van der Waals surface area contributed by atoms with Crippen molar-refractivity contribution in [2.45, 2.75) is 4.90 Å². The molecule has 0 bridgehead atoms. The Hall–Kier alpha value is -3.12. The van der Waals surface area contributed by atoms with E-state index in [0.29, 0.717) is 43.5 Å². The summed E-state index contributed by atoms with van der Waals surface area (Å²) in [5, 5.41) is 6.58. The van der Waals surface area contributed by atoms with E-state index in [0.717, 1.165) is 43.3 Å². The summed E-state index contributed by atoms with van der Waals surface area (Å²) in [5.41, 5.74) is 9.49. The van der Waals surface area contributed by atoms with Gasteiger partial charge in [-0.2, -0.15) is 4.31 Å². The van der Waals surface area contributed by atoms with Crippen molar-refractivity contribution in [3.05, 3.63) is 48.7 Å². The molecule has 2 fully saturated rings. The fourth-order valence-electron chi connectivity index (χ4n) is 4.25. The van der Waals surface area contributed by atoms with Crippen molar-refractivity contribution >= 4 is 33.0 Å². The lowest BCUT2D eigenvalue weighted by molar-refractivity contribution is 0.0730. The molecule has 0 amide bonds. The number of rotatable bonds is 6. The molecule has 2 saturated heterocycles. The van der Waals surface area contributed by atoms with Crippen LogP contribution < -0.4 is 21.3 Å². The highest BCUT2D eigenvalue weighted by atomic mass is 32.2. The monoisotopic (exact) mass is 483 g/mol. The number of nitrogens with one attached hydrogen (secondary N) is 3. The number of ether oxygens (including phenoxy) is 1. The topological polar surface area (TPSA) is 129 Å². The number of nitrogen functional groups attached to an aromatic ring is 1. The largest absolute Gasteiger partial charge is 0.396 e. The number of morpholine rings is 1. The number of aromatic nitrogens is 2. The van der Waals surface area contributed by atoms with Gasteiger partial charge in [0, 0.05) is 62.4 Å². The third kappa shape index (κ3) is 4.73. The van der Waals surface area contributed by atoms with Crippen LogP contribution in [0.5, 0.6) is 0 Å². The Kier molecular flexibility index (Phi) is 6.42. The van der Waals surface area contributed by atoms with Crippen LogP contribution >= 0.6 is 0 Å². The number of anilines is 4. The van der Waals surface area contributed by atoms with E-state index in [1.54, 1.807) is 24.4 Å². The molecule has 5 N–H and O–H groups in total. The Morgan fingerprint density at radius 2 is 1.82 bits per heavy atom. The van der Waals surface area contributed by atoms with Crippen LogP contribution in [0.3, 0.4) is 0 Å². The molecule has 3 aromatic rings. The van der Waals surface area contributed by atoms with Gasteiger partial charge in [0.2, 0.25) is 10.0 Å². The van der Waals surface area contributed by atoms with E-state index in [9.17, 15) is 8.42 Å². The number of sulfonamides is 1. The second kappa shape index (κ2) is 9.63. The number of nitrogens with two attached hydrogens (primary N) is 1. The molecule has 0 saturated carbocycles. The standard InChI is InChI=1S/C23H29N7O3S/c24-20-16-21(28-23(20)29-8-6-25-7-9-29)17-4-5-26-22(14-17)27-18-2-1-3-19(15-18)34(31,32)30-10-12-33-13-11-30/h1-5,14-16,25,28H,6-13,24H2,(H,26,27). The van der Waals surface area contributed by atoms with Gasteiger partial charge in [-0.1, -0.05) is 6.07 Å². The van der Waals surface area contributed by atoms with Crippen LogP contribution in [0.25, 0.3) is 11.3 Å². The van der Waals surface area contributed by atoms with Crippen molar-refractivity contribution in [3.8, 4) is 11.3 Å². The molecule has 10 nitrogen and oxygen atoms in total. The third-order valence-electron chi connectivity index (χ3n) is 6.04. The van der Waals surface area contributed by atoms with Gasteiger partial charge in [-0.25, -0.2) is 13.4 Å². The Bertz CT molecular complexity index is 1250. The fraction of sp³-hybridized carbons (Fsp3) is 0.348. The number of aromatic amines is 1. The van der Waals surface area contributed by atoms with Gasteiger partial charge in [0.25, 0.3) is 0 Å². The maximum atomic E-state index is 13.0. The Balaban J connectivity index is 1.35. The first-order valence-electron chi connectivity index (χ1n) is 11.4. The summed E-state index contributed by atoms with van der Waals surface area (Å²) in [4.78, 5) is 10.3. The normalized spacial score (nSPS) is 17.6. The average Bonchev–Trinajstić information content (AvgIpc) is 3.27. The second-order valence-corrected chi connectivity index (χ2v) is 10.3. The first-order valence-corrected chi connectivity index (χ1v) is 12.8. The van der Waals surface area contributed by atoms with E-state index in [1.165, 1.54) is 4.31 Å². The summed E-state index contributed by atoms with van der Waals surface area (Å²) in [6, 6.07) is 12.6. The zero-order valence-electron chi connectivity index (χ0n) is 18.8. The molecule has 5 rings (SSSR count). The van der Waals surface area contributed by atoms with E-state index in [2.05, 4.69) is 25.5 Å². The van der Waals surface area contributed by atoms with Gasteiger partial charge in [-0.3, -0.25) is 0 Å². The van der Waals surface area contributed by atoms with E-state index in [-0.39, 0.29) is 4.90 Å². The predicted octanol–water partition coefficient (Wildman–Crippen LogP) is 1.83. The SMILES string of the molecule is Nc1cc(-c2ccnc(Nc3cccc(S(=O)(=O)N4CCOCC4)c3)c2)[nH]c1N1CCNCC1. The smallest absolute Gasteiger partial charge is 0.243 e. The minimum atomic E-state index is -3.58. The molecule has 0 atom stereocenters. The minimum absolute atomic E-state index is 0.244. The molecule has 4 heterocycles. The fourth-order valence-corrected chi connectivity index (χ4v) is 5.70.